The van der Waals surface area contributed by atoms with Gasteiger partial charge in [-0.25, -0.2) is 4.98 Å². The predicted octanol–water partition coefficient (Wildman–Crippen LogP) is 4.37. The molecule has 2 heterocycles. The largest absolute Gasteiger partial charge is 0.481 e. The van der Waals surface area contributed by atoms with Gasteiger partial charge in [0.25, 0.3) is 0 Å². The Kier molecular flexibility index (Phi) is 6.50. The lowest BCUT2D eigenvalue weighted by Gasteiger charge is -2.33. The third-order valence-corrected chi connectivity index (χ3v) is 5.19. The van der Waals surface area contributed by atoms with Gasteiger partial charge < -0.3 is 20.3 Å². The lowest BCUT2D eigenvalue weighted by Crippen LogP contribution is -2.34. The Balaban J connectivity index is 1.55. The number of rotatable bonds is 5. The Morgan fingerprint density at radius 3 is 2.67 bits per heavy atom. The van der Waals surface area contributed by atoms with Crippen LogP contribution in [0.2, 0.25) is 0 Å². The summed E-state index contributed by atoms with van der Waals surface area (Å²) in [7, 11) is 1.60. The third kappa shape index (κ3) is 5.32. The predicted molar refractivity (Wildman–Crippen MR) is 116 cm³/mol. The molecule has 144 valence electrons. The molecular formula is C21H28N4OS. The molecule has 5 nitrogen and oxygen atoms in total. The molecule has 1 fully saturated rings. The summed E-state index contributed by atoms with van der Waals surface area (Å²) in [6.07, 6.45) is 4.32. The van der Waals surface area contributed by atoms with Gasteiger partial charge in [-0.3, -0.25) is 0 Å². The molecule has 0 bridgehead atoms. The van der Waals surface area contributed by atoms with Crippen LogP contribution < -0.4 is 20.3 Å². The first kappa shape index (κ1) is 19.4. The van der Waals surface area contributed by atoms with Gasteiger partial charge in [0, 0.05) is 24.8 Å². The molecule has 0 saturated carbocycles. The Hall–Kier alpha value is -2.34. The molecule has 27 heavy (non-hydrogen) atoms. The zero-order chi connectivity index (χ0) is 19.2. The Labute approximate surface area is 167 Å². The van der Waals surface area contributed by atoms with Crippen LogP contribution in [0, 0.1) is 5.92 Å². The van der Waals surface area contributed by atoms with E-state index in [0.29, 0.717) is 11.0 Å². The van der Waals surface area contributed by atoms with Crippen LogP contribution in [0.25, 0.3) is 0 Å². The fourth-order valence-corrected chi connectivity index (χ4v) is 3.71. The van der Waals surface area contributed by atoms with Crippen molar-refractivity contribution in [1.82, 2.24) is 10.3 Å². The molecular weight excluding hydrogens is 356 g/mol. The van der Waals surface area contributed by atoms with E-state index in [0.717, 1.165) is 24.7 Å². The SMILES string of the molecule is COc1ccc(NC(=S)N[C@H](C)c2ccc(N3CCC[C@@H](C)C3)cc2)cn1. The van der Waals surface area contributed by atoms with Crippen molar-refractivity contribution in [1.29, 1.82) is 0 Å². The maximum Gasteiger partial charge on any atom is 0.213 e. The number of ether oxygens (including phenoxy) is 1. The van der Waals surface area contributed by atoms with Gasteiger partial charge in [-0.05, 0) is 61.7 Å². The second kappa shape index (κ2) is 9.04. The highest BCUT2D eigenvalue weighted by atomic mass is 32.1. The summed E-state index contributed by atoms with van der Waals surface area (Å²) in [6.45, 7) is 6.75. The fourth-order valence-electron chi connectivity index (χ4n) is 3.42. The van der Waals surface area contributed by atoms with Crippen LogP contribution >= 0.6 is 12.2 Å². The molecule has 6 heteroatoms. The normalized spacial score (nSPS) is 17.9. The maximum atomic E-state index is 5.43. The minimum absolute atomic E-state index is 0.116. The summed E-state index contributed by atoms with van der Waals surface area (Å²) in [5, 5.41) is 7.06. The van der Waals surface area contributed by atoms with Crippen molar-refractivity contribution < 1.29 is 4.74 Å². The summed E-state index contributed by atoms with van der Waals surface area (Å²) in [5.41, 5.74) is 3.35. The van der Waals surface area contributed by atoms with Gasteiger partial charge >= 0.3 is 0 Å². The number of methoxy groups -OCH3 is 1. The highest BCUT2D eigenvalue weighted by Crippen LogP contribution is 2.24. The van der Waals surface area contributed by atoms with Crippen molar-refractivity contribution in [3.63, 3.8) is 0 Å². The summed E-state index contributed by atoms with van der Waals surface area (Å²) < 4.78 is 5.06. The highest BCUT2D eigenvalue weighted by Gasteiger charge is 2.17. The standard InChI is InChI=1S/C21H28N4OS/c1-15-5-4-12-25(14-15)19-9-6-17(7-10-19)16(2)23-21(27)24-18-8-11-20(26-3)22-13-18/h6-11,13,15-16H,4-5,12,14H2,1-3H3,(H2,23,24,27)/t15-,16-/m1/s1. The number of hydrogen-bond donors (Lipinski definition) is 2. The molecule has 0 unspecified atom stereocenters. The van der Waals surface area contributed by atoms with E-state index in [9.17, 15) is 0 Å². The quantitative estimate of drug-likeness (QED) is 0.747. The van der Waals surface area contributed by atoms with Crippen molar-refractivity contribution in [2.45, 2.75) is 32.7 Å². The van der Waals surface area contributed by atoms with Gasteiger partial charge in [0.2, 0.25) is 5.88 Å². The minimum Gasteiger partial charge on any atom is -0.481 e. The van der Waals surface area contributed by atoms with Gasteiger partial charge in [-0.1, -0.05) is 19.1 Å². The van der Waals surface area contributed by atoms with Gasteiger partial charge in [-0.2, -0.15) is 0 Å². The number of pyridine rings is 1. The third-order valence-electron chi connectivity index (χ3n) is 4.97. The lowest BCUT2D eigenvalue weighted by atomic mass is 9.99. The van der Waals surface area contributed by atoms with Crippen molar-refractivity contribution >= 4 is 28.7 Å². The number of nitrogens with one attached hydrogen (secondary N) is 2. The average molecular weight is 385 g/mol. The van der Waals surface area contributed by atoms with E-state index in [1.165, 1.54) is 24.1 Å². The summed E-state index contributed by atoms with van der Waals surface area (Å²) in [6, 6.07) is 12.6. The van der Waals surface area contributed by atoms with Crippen molar-refractivity contribution in [2.24, 2.45) is 5.92 Å². The number of anilines is 2. The topological polar surface area (TPSA) is 49.4 Å². The molecule has 1 aromatic carbocycles. The number of piperidine rings is 1. The van der Waals surface area contributed by atoms with E-state index >= 15 is 0 Å². The molecule has 1 aliphatic rings. The van der Waals surface area contributed by atoms with E-state index in [1.807, 2.05) is 6.07 Å². The summed E-state index contributed by atoms with van der Waals surface area (Å²) >= 11 is 5.43. The first-order valence-electron chi connectivity index (χ1n) is 9.47. The molecule has 2 N–H and O–H groups in total. The van der Waals surface area contributed by atoms with Crippen LogP contribution in [0.15, 0.2) is 42.6 Å². The molecule has 0 radical (unpaired) electrons. The van der Waals surface area contributed by atoms with Crippen LogP contribution in [-0.4, -0.2) is 30.3 Å². The number of thiocarbonyl (C=S) groups is 1. The van der Waals surface area contributed by atoms with Crippen LogP contribution in [0.5, 0.6) is 5.88 Å². The molecule has 1 aromatic heterocycles. The first-order chi connectivity index (χ1) is 13.0. The second-order valence-corrected chi connectivity index (χ2v) is 7.60. The molecule has 0 amide bonds. The zero-order valence-electron chi connectivity index (χ0n) is 16.2. The van der Waals surface area contributed by atoms with Crippen LogP contribution in [-0.2, 0) is 0 Å². The summed E-state index contributed by atoms with van der Waals surface area (Å²) in [5.74, 6) is 1.35. The highest BCUT2D eigenvalue weighted by molar-refractivity contribution is 7.80. The van der Waals surface area contributed by atoms with Crippen molar-refractivity contribution in [3.05, 3.63) is 48.2 Å². The molecule has 1 aliphatic heterocycles. The van der Waals surface area contributed by atoms with E-state index < -0.39 is 0 Å². The zero-order valence-corrected chi connectivity index (χ0v) is 17.1. The number of nitrogens with zero attached hydrogens (tertiary/aromatic N) is 2. The molecule has 1 saturated heterocycles. The number of aromatic nitrogens is 1. The van der Waals surface area contributed by atoms with Gasteiger partial charge in [0.05, 0.1) is 25.0 Å². The average Bonchev–Trinajstić information content (AvgIpc) is 2.68. The minimum atomic E-state index is 0.116. The number of benzene rings is 1. The van der Waals surface area contributed by atoms with Gasteiger partial charge in [-0.15, -0.1) is 0 Å². The van der Waals surface area contributed by atoms with Gasteiger partial charge in [0.1, 0.15) is 0 Å². The van der Waals surface area contributed by atoms with Crippen LogP contribution in [0.3, 0.4) is 0 Å². The van der Waals surface area contributed by atoms with Crippen molar-refractivity contribution in [2.75, 3.05) is 30.4 Å². The smallest absolute Gasteiger partial charge is 0.213 e. The van der Waals surface area contributed by atoms with Crippen LogP contribution in [0.1, 0.15) is 38.3 Å². The Bertz CT molecular complexity index is 748. The monoisotopic (exact) mass is 384 g/mol. The van der Waals surface area contributed by atoms with E-state index in [1.54, 1.807) is 19.4 Å². The second-order valence-electron chi connectivity index (χ2n) is 7.19. The molecule has 2 aromatic rings. The first-order valence-corrected chi connectivity index (χ1v) is 9.88. The lowest BCUT2D eigenvalue weighted by molar-refractivity contribution is 0.398. The molecule has 2 atom stereocenters. The molecule has 0 spiro atoms. The summed E-state index contributed by atoms with van der Waals surface area (Å²) in [4.78, 5) is 6.66. The Morgan fingerprint density at radius 1 is 1.26 bits per heavy atom. The Morgan fingerprint density at radius 2 is 2.04 bits per heavy atom. The van der Waals surface area contributed by atoms with E-state index in [4.69, 9.17) is 17.0 Å². The van der Waals surface area contributed by atoms with E-state index in [-0.39, 0.29) is 6.04 Å². The van der Waals surface area contributed by atoms with Crippen molar-refractivity contribution in [3.8, 4) is 5.88 Å². The molecule has 0 aliphatic carbocycles. The molecule has 3 rings (SSSR count). The van der Waals surface area contributed by atoms with E-state index in [2.05, 4.69) is 58.6 Å². The fraction of sp³-hybridized carbons (Fsp3) is 0.429. The van der Waals surface area contributed by atoms with Crippen LogP contribution in [0.4, 0.5) is 11.4 Å². The maximum absolute atomic E-state index is 5.43. The number of hydrogen-bond acceptors (Lipinski definition) is 4. The van der Waals surface area contributed by atoms with Gasteiger partial charge in [0.15, 0.2) is 5.11 Å².